The van der Waals surface area contributed by atoms with Crippen LogP contribution in [0.4, 0.5) is 5.82 Å². The Balaban J connectivity index is 3.06. The summed E-state index contributed by atoms with van der Waals surface area (Å²) in [6.07, 6.45) is 1.14. The molecule has 1 aromatic rings. The maximum Gasteiger partial charge on any atom is 0.194 e. The summed E-state index contributed by atoms with van der Waals surface area (Å²) in [4.78, 5) is 15.6. The number of nitrogen functional groups attached to an aromatic ring is 1. The van der Waals surface area contributed by atoms with Crippen LogP contribution in [0.3, 0.4) is 0 Å². The van der Waals surface area contributed by atoms with Gasteiger partial charge in [0, 0.05) is 13.3 Å². The molecule has 0 aliphatic carbocycles. The van der Waals surface area contributed by atoms with Crippen LogP contribution in [-0.2, 0) is 4.74 Å². The zero-order chi connectivity index (χ0) is 10.7. The molecular weight excluding hydrogens is 180 g/mol. The van der Waals surface area contributed by atoms with Gasteiger partial charge in [0.2, 0.25) is 0 Å². The fourth-order valence-corrected chi connectivity index (χ4v) is 1.10. The summed E-state index contributed by atoms with van der Waals surface area (Å²) in [6.45, 7) is 3.55. The number of rotatable bonds is 3. The first-order valence-corrected chi connectivity index (χ1v) is 4.35. The van der Waals surface area contributed by atoms with Gasteiger partial charge in [0.25, 0.3) is 0 Å². The topological polar surface area (TPSA) is 65.2 Å². The highest BCUT2D eigenvalue weighted by Gasteiger charge is 2.17. The Labute approximate surface area is 83.1 Å². The minimum absolute atomic E-state index is 0.138. The van der Waals surface area contributed by atoms with E-state index in [2.05, 4.69) is 4.98 Å². The van der Waals surface area contributed by atoms with Gasteiger partial charge in [-0.1, -0.05) is 0 Å². The molecule has 0 bridgehead atoms. The molecule has 4 nitrogen and oxygen atoms in total. The van der Waals surface area contributed by atoms with Crippen LogP contribution in [0.5, 0.6) is 0 Å². The smallest absolute Gasteiger partial charge is 0.194 e. The molecule has 0 fully saturated rings. The molecule has 0 radical (unpaired) electrons. The Bertz CT molecular complexity index is 350. The second kappa shape index (κ2) is 4.19. The number of anilines is 1. The first kappa shape index (κ1) is 10.7. The molecule has 1 aromatic heterocycles. The summed E-state index contributed by atoms with van der Waals surface area (Å²) in [5.41, 5.74) is 6.93. The Morgan fingerprint density at radius 2 is 2.29 bits per heavy atom. The van der Waals surface area contributed by atoms with Gasteiger partial charge in [0.15, 0.2) is 5.78 Å². The number of ether oxygens (including phenoxy) is 1. The number of nitrogens with zero attached hydrogens (tertiary/aromatic N) is 1. The lowest BCUT2D eigenvalue weighted by Gasteiger charge is -2.10. The average molecular weight is 194 g/mol. The number of carbonyl (C=O) groups is 1. The number of Topliss-reactive ketones (excluding diaryl/α,β-unsaturated/α-hetero) is 1. The Morgan fingerprint density at radius 3 is 2.86 bits per heavy atom. The molecule has 0 aliphatic rings. The van der Waals surface area contributed by atoms with Crippen LogP contribution in [0.25, 0.3) is 0 Å². The zero-order valence-electron chi connectivity index (χ0n) is 8.57. The highest BCUT2D eigenvalue weighted by Crippen LogP contribution is 2.13. The number of ketones is 1. The van der Waals surface area contributed by atoms with Gasteiger partial charge in [-0.05, 0) is 25.5 Å². The van der Waals surface area contributed by atoms with Crippen molar-refractivity contribution >= 4 is 11.6 Å². The summed E-state index contributed by atoms with van der Waals surface area (Å²) >= 11 is 0. The van der Waals surface area contributed by atoms with E-state index in [1.807, 2.05) is 6.92 Å². The number of hydrogen-bond acceptors (Lipinski definition) is 4. The number of pyridine rings is 1. The van der Waals surface area contributed by atoms with E-state index in [1.54, 1.807) is 19.2 Å². The molecule has 76 valence electrons. The lowest BCUT2D eigenvalue weighted by Crippen LogP contribution is -2.20. The van der Waals surface area contributed by atoms with Crippen molar-refractivity contribution in [2.45, 2.75) is 20.0 Å². The van der Waals surface area contributed by atoms with Crippen LogP contribution >= 0.6 is 0 Å². The van der Waals surface area contributed by atoms with Gasteiger partial charge in [-0.2, -0.15) is 0 Å². The SMILES string of the molecule is COC(C)C(=O)c1cc(C)cnc1N. The van der Waals surface area contributed by atoms with Crippen molar-refractivity contribution in [1.29, 1.82) is 0 Å². The van der Waals surface area contributed by atoms with Gasteiger partial charge in [0.1, 0.15) is 11.9 Å². The maximum absolute atomic E-state index is 11.7. The lowest BCUT2D eigenvalue weighted by molar-refractivity contribution is 0.0656. The predicted octanol–water partition coefficient (Wildman–Crippen LogP) is 1.19. The normalized spacial score (nSPS) is 12.5. The molecule has 0 saturated carbocycles. The first-order chi connectivity index (χ1) is 6.56. The molecular formula is C10H14N2O2. The van der Waals surface area contributed by atoms with E-state index in [1.165, 1.54) is 7.11 Å². The number of hydrogen-bond donors (Lipinski definition) is 1. The molecule has 0 spiro atoms. The summed E-state index contributed by atoms with van der Waals surface area (Å²) < 4.78 is 4.93. The lowest BCUT2D eigenvalue weighted by atomic mass is 10.1. The second-order valence-electron chi connectivity index (χ2n) is 3.19. The van der Waals surface area contributed by atoms with Crippen molar-refractivity contribution in [1.82, 2.24) is 4.98 Å². The van der Waals surface area contributed by atoms with E-state index < -0.39 is 6.10 Å². The summed E-state index contributed by atoms with van der Waals surface area (Å²) in [5.74, 6) is 0.116. The number of aromatic nitrogens is 1. The van der Waals surface area contributed by atoms with Crippen molar-refractivity contribution in [3.05, 3.63) is 23.4 Å². The molecule has 4 heteroatoms. The van der Waals surface area contributed by atoms with E-state index in [0.717, 1.165) is 5.56 Å². The Kier molecular flexibility index (Phi) is 3.19. The molecule has 0 aliphatic heterocycles. The van der Waals surface area contributed by atoms with E-state index in [4.69, 9.17) is 10.5 Å². The number of nitrogens with two attached hydrogens (primary N) is 1. The van der Waals surface area contributed by atoms with Gasteiger partial charge < -0.3 is 10.5 Å². The van der Waals surface area contributed by atoms with Crippen LogP contribution in [0, 0.1) is 6.92 Å². The van der Waals surface area contributed by atoms with Crippen molar-refractivity contribution in [3.63, 3.8) is 0 Å². The number of carbonyl (C=O) groups excluding carboxylic acids is 1. The van der Waals surface area contributed by atoms with E-state index in [0.29, 0.717) is 5.56 Å². The van der Waals surface area contributed by atoms with Crippen LogP contribution in [-0.4, -0.2) is 24.0 Å². The molecule has 0 saturated heterocycles. The number of aryl methyl sites for hydroxylation is 1. The van der Waals surface area contributed by atoms with Gasteiger partial charge in [-0.15, -0.1) is 0 Å². The van der Waals surface area contributed by atoms with Crippen LogP contribution in [0.2, 0.25) is 0 Å². The van der Waals surface area contributed by atoms with Crippen molar-refractivity contribution < 1.29 is 9.53 Å². The minimum atomic E-state index is -0.485. The number of methoxy groups -OCH3 is 1. The quantitative estimate of drug-likeness (QED) is 0.734. The van der Waals surface area contributed by atoms with E-state index >= 15 is 0 Å². The van der Waals surface area contributed by atoms with Gasteiger partial charge in [0.05, 0.1) is 5.56 Å². The third kappa shape index (κ3) is 2.09. The maximum atomic E-state index is 11.7. The highest BCUT2D eigenvalue weighted by atomic mass is 16.5. The standard InChI is InChI=1S/C10H14N2O2/c1-6-4-8(10(11)12-5-6)9(13)7(2)14-3/h4-5,7H,1-3H3,(H2,11,12). The molecule has 1 heterocycles. The second-order valence-corrected chi connectivity index (χ2v) is 3.19. The monoisotopic (exact) mass is 194 g/mol. The van der Waals surface area contributed by atoms with Gasteiger partial charge in [-0.25, -0.2) is 4.98 Å². The highest BCUT2D eigenvalue weighted by molar-refractivity contribution is 6.02. The minimum Gasteiger partial charge on any atom is -0.383 e. The largest absolute Gasteiger partial charge is 0.383 e. The summed E-state index contributed by atoms with van der Waals surface area (Å²) in [7, 11) is 1.49. The Hall–Kier alpha value is -1.42. The average Bonchev–Trinajstić information content (AvgIpc) is 2.19. The third-order valence-electron chi connectivity index (χ3n) is 2.04. The molecule has 0 amide bonds. The predicted molar refractivity (Wildman–Crippen MR) is 54.2 cm³/mol. The third-order valence-corrected chi connectivity index (χ3v) is 2.04. The summed E-state index contributed by atoms with van der Waals surface area (Å²) in [6, 6.07) is 1.72. The fraction of sp³-hybridized carbons (Fsp3) is 0.400. The van der Waals surface area contributed by atoms with E-state index in [-0.39, 0.29) is 11.6 Å². The molecule has 1 rings (SSSR count). The molecule has 14 heavy (non-hydrogen) atoms. The van der Waals surface area contributed by atoms with Crippen LogP contribution < -0.4 is 5.73 Å². The summed E-state index contributed by atoms with van der Waals surface area (Å²) in [5, 5.41) is 0. The van der Waals surface area contributed by atoms with Gasteiger partial charge >= 0.3 is 0 Å². The van der Waals surface area contributed by atoms with Crippen molar-refractivity contribution in [3.8, 4) is 0 Å². The fourth-order valence-electron chi connectivity index (χ4n) is 1.10. The first-order valence-electron chi connectivity index (χ1n) is 4.35. The molecule has 0 aromatic carbocycles. The van der Waals surface area contributed by atoms with Crippen LogP contribution in [0.15, 0.2) is 12.3 Å². The van der Waals surface area contributed by atoms with Gasteiger partial charge in [-0.3, -0.25) is 4.79 Å². The molecule has 1 atom stereocenters. The van der Waals surface area contributed by atoms with Crippen molar-refractivity contribution in [2.24, 2.45) is 0 Å². The van der Waals surface area contributed by atoms with Crippen LogP contribution in [0.1, 0.15) is 22.8 Å². The molecule has 2 N–H and O–H groups in total. The Morgan fingerprint density at radius 1 is 1.64 bits per heavy atom. The van der Waals surface area contributed by atoms with E-state index in [9.17, 15) is 4.79 Å². The van der Waals surface area contributed by atoms with Crippen molar-refractivity contribution in [2.75, 3.05) is 12.8 Å². The zero-order valence-corrected chi connectivity index (χ0v) is 8.57. The molecule has 1 unspecified atom stereocenters.